The van der Waals surface area contributed by atoms with Gasteiger partial charge in [-0.1, -0.05) is 49.7 Å². The standard InChI is InChI=1S/C23H26FN3/c1-3-4-17-27(20-13-7-5-11-18(20)24)23-16-10-9-15-22(23)26(2)21-14-8-6-12-19(21)25/h5-16H,3-4,17,25H2,1-2H3. The minimum atomic E-state index is -0.217. The minimum Gasteiger partial charge on any atom is -0.397 e. The minimum absolute atomic E-state index is 0.217. The Balaban J connectivity index is 2.09. The molecule has 3 aromatic rings. The van der Waals surface area contributed by atoms with Crippen molar-refractivity contribution < 1.29 is 4.39 Å². The Morgan fingerprint density at radius 2 is 1.33 bits per heavy atom. The molecule has 0 spiro atoms. The van der Waals surface area contributed by atoms with Crippen LogP contribution in [0.5, 0.6) is 0 Å². The molecule has 0 radical (unpaired) electrons. The number of hydrogen-bond acceptors (Lipinski definition) is 3. The highest BCUT2D eigenvalue weighted by Crippen LogP contribution is 2.39. The van der Waals surface area contributed by atoms with Gasteiger partial charge in [0.2, 0.25) is 0 Å². The van der Waals surface area contributed by atoms with Gasteiger partial charge >= 0.3 is 0 Å². The molecule has 0 aromatic heterocycles. The Labute approximate surface area is 160 Å². The molecule has 0 amide bonds. The molecule has 0 unspecified atom stereocenters. The van der Waals surface area contributed by atoms with Gasteiger partial charge in [-0.05, 0) is 42.8 Å². The predicted molar refractivity (Wildman–Crippen MR) is 114 cm³/mol. The number of anilines is 5. The fraction of sp³-hybridized carbons (Fsp3) is 0.217. The van der Waals surface area contributed by atoms with E-state index in [4.69, 9.17) is 5.73 Å². The van der Waals surface area contributed by atoms with Crippen molar-refractivity contribution in [3.63, 3.8) is 0 Å². The summed E-state index contributed by atoms with van der Waals surface area (Å²) in [5, 5.41) is 0. The lowest BCUT2D eigenvalue weighted by atomic mass is 10.1. The van der Waals surface area contributed by atoms with Crippen LogP contribution in [0.1, 0.15) is 19.8 Å². The number of rotatable bonds is 7. The fourth-order valence-corrected chi connectivity index (χ4v) is 3.26. The number of unbranched alkanes of at least 4 members (excludes halogenated alkanes) is 1. The summed E-state index contributed by atoms with van der Waals surface area (Å²) < 4.78 is 14.6. The topological polar surface area (TPSA) is 32.5 Å². The first kappa shape index (κ1) is 18.8. The van der Waals surface area contributed by atoms with Crippen molar-refractivity contribution >= 4 is 28.4 Å². The summed E-state index contributed by atoms with van der Waals surface area (Å²) in [5.74, 6) is -0.217. The number of nitrogens with two attached hydrogens (primary N) is 1. The molecule has 4 heteroatoms. The zero-order valence-corrected chi connectivity index (χ0v) is 15.9. The number of para-hydroxylation sites is 5. The molecule has 3 nitrogen and oxygen atoms in total. The summed E-state index contributed by atoms with van der Waals surface area (Å²) in [4.78, 5) is 4.12. The Morgan fingerprint density at radius 3 is 1.96 bits per heavy atom. The van der Waals surface area contributed by atoms with Gasteiger partial charge in [0, 0.05) is 13.6 Å². The molecular formula is C23H26FN3. The van der Waals surface area contributed by atoms with Crippen LogP contribution in [0.2, 0.25) is 0 Å². The van der Waals surface area contributed by atoms with Crippen LogP contribution in [0.3, 0.4) is 0 Å². The van der Waals surface area contributed by atoms with Crippen LogP contribution in [0.25, 0.3) is 0 Å². The van der Waals surface area contributed by atoms with Crippen molar-refractivity contribution in [3.8, 4) is 0 Å². The molecule has 0 heterocycles. The average Bonchev–Trinajstić information content (AvgIpc) is 2.70. The van der Waals surface area contributed by atoms with Gasteiger partial charge < -0.3 is 15.5 Å². The first-order valence-electron chi connectivity index (χ1n) is 9.32. The Morgan fingerprint density at radius 1 is 0.778 bits per heavy atom. The van der Waals surface area contributed by atoms with Crippen molar-refractivity contribution in [1.29, 1.82) is 0 Å². The van der Waals surface area contributed by atoms with E-state index in [1.807, 2.05) is 67.7 Å². The molecule has 0 fully saturated rings. The van der Waals surface area contributed by atoms with Gasteiger partial charge in [-0.15, -0.1) is 0 Å². The third-order valence-electron chi connectivity index (χ3n) is 4.71. The maximum atomic E-state index is 14.6. The number of hydrogen-bond donors (Lipinski definition) is 1. The number of nitrogen functional groups attached to an aromatic ring is 1. The zero-order valence-electron chi connectivity index (χ0n) is 15.9. The quantitative estimate of drug-likeness (QED) is 0.514. The van der Waals surface area contributed by atoms with Crippen LogP contribution in [0, 0.1) is 5.82 Å². The van der Waals surface area contributed by atoms with Crippen molar-refractivity contribution in [2.75, 3.05) is 29.1 Å². The maximum Gasteiger partial charge on any atom is 0.146 e. The number of benzene rings is 3. The normalized spacial score (nSPS) is 10.6. The number of nitrogens with zero attached hydrogens (tertiary/aromatic N) is 2. The van der Waals surface area contributed by atoms with Crippen LogP contribution in [0.15, 0.2) is 72.8 Å². The molecule has 0 bridgehead atoms. The highest BCUT2D eigenvalue weighted by atomic mass is 19.1. The second kappa shape index (κ2) is 8.58. The van der Waals surface area contributed by atoms with Gasteiger partial charge in [0.1, 0.15) is 5.82 Å². The third kappa shape index (κ3) is 4.05. The molecule has 3 rings (SSSR count). The highest BCUT2D eigenvalue weighted by Gasteiger charge is 2.19. The van der Waals surface area contributed by atoms with Crippen LogP contribution < -0.4 is 15.5 Å². The van der Waals surface area contributed by atoms with Crippen molar-refractivity contribution in [1.82, 2.24) is 0 Å². The van der Waals surface area contributed by atoms with Crippen LogP contribution >= 0.6 is 0 Å². The zero-order chi connectivity index (χ0) is 19.2. The highest BCUT2D eigenvalue weighted by molar-refractivity contribution is 5.84. The van der Waals surface area contributed by atoms with Gasteiger partial charge in [-0.3, -0.25) is 0 Å². The summed E-state index contributed by atoms with van der Waals surface area (Å²) >= 11 is 0. The maximum absolute atomic E-state index is 14.6. The molecule has 0 atom stereocenters. The van der Waals surface area contributed by atoms with Gasteiger partial charge in [0.15, 0.2) is 0 Å². The second-order valence-corrected chi connectivity index (χ2v) is 6.56. The van der Waals surface area contributed by atoms with E-state index < -0.39 is 0 Å². The summed E-state index contributed by atoms with van der Waals surface area (Å²) in [6, 6.07) is 22.8. The SMILES string of the molecule is CCCCN(c1ccccc1F)c1ccccc1N(C)c1ccccc1N. The lowest BCUT2D eigenvalue weighted by molar-refractivity contribution is 0.622. The van der Waals surface area contributed by atoms with Crippen LogP contribution in [-0.4, -0.2) is 13.6 Å². The molecule has 3 aromatic carbocycles. The molecule has 2 N–H and O–H groups in total. The lowest BCUT2D eigenvalue weighted by Crippen LogP contribution is -2.23. The predicted octanol–water partition coefficient (Wildman–Crippen LogP) is 6.11. The first-order chi connectivity index (χ1) is 13.1. The summed E-state index contributed by atoms with van der Waals surface area (Å²) in [6.07, 6.45) is 2.01. The molecule has 0 aliphatic heterocycles. The molecule has 0 saturated carbocycles. The monoisotopic (exact) mass is 363 g/mol. The van der Waals surface area contributed by atoms with E-state index in [1.165, 1.54) is 6.07 Å². The largest absolute Gasteiger partial charge is 0.397 e. The molecule has 27 heavy (non-hydrogen) atoms. The van der Waals surface area contributed by atoms with E-state index in [1.54, 1.807) is 6.07 Å². The van der Waals surface area contributed by atoms with Crippen molar-refractivity contribution in [3.05, 3.63) is 78.6 Å². The second-order valence-electron chi connectivity index (χ2n) is 6.56. The van der Waals surface area contributed by atoms with E-state index >= 15 is 0 Å². The summed E-state index contributed by atoms with van der Waals surface area (Å²) in [7, 11) is 1.99. The molecule has 0 aliphatic rings. The van der Waals surface area contributed by atoms with Gasteiger partial charge in [0.05, 0.1) is 28.4 Å². The summed E-state index contributed by atoms with van der Waals surface area (Å²) in [5.41, 5.74) is 10.4. The molecule has 0 aliphatic carbocycles. The van der Waals surface area contributed by atoms with Crippen LogP contribution in [0.4, 0.5) is 32.8 Å². The Bertz CT molecular complexity index is 894. The van der Waals surface area contributed by atoms with E-state index in [2.05, 4.69) is 16.7 Å². The van der Waals surface area contributed by atoms with Gasteiger partial charge in [-0.25, -0.2) is 4.39 Å². The van der Waals surface area contributed by atoms with Crippen molar-refractivity contribution in [2.45, 2.75) is 19.8 Å². The van der Waals surface area contributed by atoms with Gasteiger partial charge in [0.25, 0.3) is 0 Å². The van der Waals surface area contributed by atoms with Gasteiger partial charge in [-0.2, -0.15) is 0 Å². The molecular weight excluding hydrogens is 337 g/mol. The first-order valence-corrected chi connectivity index (χ1v) is 9.32. The fourth-order valence-electron chi connectivity index (χ4n) is 3.26. The van der Waals surface area contributed by atoms with E-state index in [-0.39, 0.29) is 5.82 Å². The third-order valence-corrected chi connectivity index (χ3v) is 4.71. The summed E-state index contributed by atoms with van der Waals surface area (Å²) in [6.45, 7) is 2.88. The van der Waals surface area contributed by atoms with E-state index in [0.29, 0.717) is 11.4 Å². The Hall–Kier alpha value is -3.01. The number of halogens is 1. The average molecular weight is 363 g/mol. The smallest absolute Gasteiger partial charge is 0.146 e. The Kier molecular flexibility index (Phi) is 5.97. The van der Waals surface area contributed by atoms with Crippen LogP contribution in [-0.2, 0) is 0 Å². The van der Waals surface area contributed by atoms with Crippen molar-refractivity contribution in [2.24, 2.45) is 0 Å². The lowest BCUT2D eigenvalue weighted by Gasteiger charge is -2.31. The molecule has 0 saturated heterocycles. The van der Waals surface area contributed by atoms with E-state index in [9.17, 15) is 4.39 Å². The molecule has 140 valence electrons. The van der Waals surface area contributed by atoms with E-state index in [0.717, 1.165) is 36.4 Å².